The van der Waals surface area contributed by atoms with E-state index in [4.69, 9.17) is 0 Å². The van der Waals surface area contributed by atoms with Crippen LogP contribution in [0.25, 0.3) is 0 Å². The number of phenolic OH excluding ortho intramolecular Hbond substituents is 1. The van der Waals surface area contributed by atoms with Gasteiger partial charge in [-0.25, -0.2) is 0 Å². The molecule has 3 aliphatic rings. The average molecular weight is 393 g/mol. The molecule has 2 nitrogen and oxygen atoms in total. The molecule has 0 unspecified atom stereocenters. The summed E-state index contributed by atoms with van der Waals surface area (Å²) in [4.78, 5) is 14.7. The van der Waals surface area contributed by atoms with Gasteiger partial charge in [-0.15, -0.1) is 0 Å². The van der Waals surface area contributed by atoms with Crippen molar-refractivity contribution in [2.45, 2.75) is 68.1 Å². The van der Waals surface area contributed by atoms with Crippen LogP contribution in [0.5, 0.6) is 5.75 Å². The zero-order chi connectivity index (χ0) is 19.5. The second-order valence-electron chi connectivity index (χ2n) is 9.27. The lowest BCUT2D eigenvalue weighted by Crippen LogP contribution is -2.42. The summed E-state index contributed by atoms with van der Waals surface area (Å²) in [5.74, 6) is 2.63. The smallest absolute Gasteiger partial charge is 0.139 e. The monoisotopic (exact) mass is 392 g/mol. The van der Waals surface area contributed by atoms with Crippen LogP contribution in [0.15, 0.2) is 46.2 Å². The molecule has 0 radical (unpaired) electrons. The number of phenols is 1. The number of ketones is 1. The number of rotatable bonds is 2. The van der Waals surface area contributed by atoms with E-state index in [0.29, 0.717) is 29.3 Å². The van der Waals surface area contributed by atoms with Gasteiger partial charge in [0.05, 0.1) is 4.90 Å². The lowest BCUT2D eigenvalue weighted by Gasteiger charge is -2.48. The minimum absolute atomic E-state index is 0.0743. The summed E-state index contributed by atoms with van der Waals surface area (Å²) in [5.41, 5.74) is 3.93. The highest BCUT2D eigenvalue weighted by atomic mass is 32.2. The first kappa shape index (κ1) is 18.3. The molecule has 3 aliphatic carbocycles. The van der Waals surface area contributed by atoms with Gasteiger partial charge in [-0.05, 0) is 92.2 Å². The molecular formula is C25H28O2S. The molecule has 2 saturated carbocycles. The second kappa shape index (κ2) is 6.66. The molecule has 0 saturated heterocycles. The predicted molar refractivity (Wildman–Crippen MR) is 113 cm³/mol. The van der Waals surface area contributed by atoms with Crippen molar-refractivity contribution >= 4 is 17.5 Å². The minimum Gasteiger partial charge on any atom is -0.507 e. The van der Waals surface area contributed by atoms with E-state index in [1.54, 1.807) is 11.8 Å². The van der Waals surface area contributed by atoms with Crippen LogP contribution in [0.1, 0.15) is 61.6 Å². The van der Waals surface area contributed by atoms with Crippen LogP contribution in [0.4, 0.5) is 0 Å². The van der Waals surface area contributed by atoms with Crippen molar-refractivity contribution in [3.05, 3.63) is 53.1 Å². The number of benzene rings is 2. The zero-order valence-corrected chi connectivity index (χ0v) is 17.5. The average Bonchev–Trinajstić information content (AvgIpc) is 2.99. The number of aryl methyl sites for hydroxylation is 2. The number of Topliss-reactive ketones (excluding diaryl/α,β-unsaturated/α-hetero) is 1. The highest BCUT2D eigenvalue weighted by Gasteiger charge is 2.54. The lowest BCUT2D eigenvalue weighted by atomic mass is 9.55. The van der Waals surface area contributed by atoms with Gasteiger partial charge in [-0.2, -0.15) is 0 Å². The Balaban J connectivity index is 1.48. The van der Waals surface area contributed by atoms with Crippen LogP contribution in [-0.4, -0.2) is 10.9 Å². The summed E-state index contributed by atoms with van der Waals surface area (Å²) >= 11 is 1.65. The van der Waals surface area contributed by atoms with Gasteiger partial charge in [-0.1, -0.05) is 36.4 Å². The summed E-state index contributed by atoms with van der Waals surface area (Å²) in [5, 5.41) is 10.6. The van der Waals surface area contributed by atoms with Crippen molar-refractivity contribution in [3.8, 4) is 5.75 Å². The Morgan fingerprint density at radius 3 is 2.64 bits per heavy atom. The number of hydrogen-bond donors (Lipinski definition) is 1. The van der Waals surface area contributed by atoms with Crippen LogP contribution in [0.2, 0.25) is 0 Å². The Labute approximate surface area is 171 Å². The molecule has 0 amide bonds. The van der Waals surface area contributed by atoms with E-state index in [2.05, 4.69) is 44.2 Å². The van der Waals surface area contributed by atoms with E-state index in [0.717, 1.165) is 48.3 Å². The first-order valence-corrected chi connectivity index (χ1v) is 11.4. The number of fused-ring (bicyclic) bond motifs is 5. The normalized spacial score (nSPS) is 31.2. The van der Waals surface area contributed by atoms with Crippen molar-refractivity contribution in [1.82, 2.24) is 0 Å². The largest absolute Gasteiger partial charge is 0.507 e. The molecule has 2 aromatic carbocycles. The van der Waals surface area contributed by atoms with Crippen LogP contribution < -0.4 is 0 Å². The fourth-order valence-electron chi connectivity index (χ4n) is 6.17. The Morgan fingerprint density at radius 1 is 1.07 bits per heavy atom. The van der Waals surface area contributed by atoms with Crippen molar-refractivity contribution in [1.29, 1.82) is 0 Å². The second-order valence-corrected chi connectivity index (χ2v) is 10.4. The summed E-state index contributed by atoms with van der Waals surface area (Å²) in [6.07, 6.45) is 6.18. The van der Waals surface area contributed by atoms with Gasteiger partial charge < -0.3 is 5.11 Å². The molecule has 0 heterocycles. The lowest BCUT2D eigenvalue weighted by molar-refractivity contribution is -0.129. The van der Waals surface area contributed by atoms with Gasteiger partial charge in [0, 0.05) is 16.7 Å². The Bertz CT molecular complexity index is 932. The van der Waals surface area contributed by atoms with E-state index in [1.165, 1.54) is 16.7 Å². The van der Waals surface area contributed by atoms with Crippen molar-refractivity contribution in [2.75, 3.05) is 0 Å². The number of carbonyl (C=O) groups excluding carboxylic acids is 1. The molecule has 0 aromatic heterocycles. The van der Waals surface area contributed by atoms with Crippen molar-refractivity contribution < 1.29 is 9.90 Å². The van der Waals surface area contributed by atoms with Gasteiger partial charge in [0.15, 0.2) is 0 Å². The summed E-state index contributed by atoms with van der Waals surface area (Å²) in [6.45, 7) is 4.32. The van der Waals surface area contributed by atoms with Gasteiger partial charge in [0.1, 0.15) is 11.5 Å². The molecule has 4 atom stereocenters. The first-order valence-electron chi connectivity index (χ1n) is 10.6. The molecule has 3 heteroatoms. The van der Waals surface area contributed by atoms with Gasteiger partial charge in [0.2, 0.25) is 0 Å². The van der Waals surface area contributed by atoms with Crippen LogP contribution in [0, 0.1) is 24.2 Å². The summed E-state index contributed by atoms with van der Waals surface area (Å²) in [7, 11) is 0. The van der Waals surface area contributed by atoms with E-state index in [9.17, 15) is 9.90 Å². The molecular weight excluding hydrogens is 364 g/mol. The van der Waals surface area contributed by atoms with Gasteiger partial charge in [0.25, 0.3) is 0 Å². The molecule has 1 N–H and O–H groups in total. The molecule has 28 heavy (non-hydrogen) atoms. The molecule has 2 fully saturated rings. The minimum atomic E-state index is -0.0743. The van der Waals surface area contributed by atoms with E-state index >= 15 is 0 Å². The Morgan fingerprint density at radius 2 is 1.86 bits per heavy atom. The van der Waals surface area contributed by atoms with Gasteiger partial charge in [-0.3, -0.25) is 4.79 Å². The fourth-order valence-corrected chi connectivity index (χ4v) is 7.05. The third-order valence-electron chi connectivity index (χ3n) is 7.76. The molecule has 2 aromatic rings. The SMILES string of the molecule is Cc1ccc(Sc2cc3c(cc2O)CC[C@@H]2[C@@H]3CC[C@]3(C)C(=O)CC[C@@H]23)cc1. The highest BCUT2D eigenvalue weighted by molar-refractivity contribution is 7.99. The molecule has 146 valence electrons. The standard InChI is InChI=1S/C25H28O2S/c1-15-3-6-17(7-4-15)28-23-14-20-16(13-22(23)26)5-8-19-18(20)11-12-25(2)21(19)9-10-24(25)27/h3-4,6-7,13-14,18-19,21,26H,5,8-12H2,1-2H3/t18-,19+,21-,25-/m0/s1. The Kier molecular flexibility index (Phi) is 4.35. The number of aromatic hydroxyl groups is 1. The van der Waals surface area contributed by atoms with Crippen LogP contribution >= 0.6 is 11.8 Å². The topological polar surface area (TPSA) is 37.3 Å². The third kappa shape index (κ3) is 2.82. The first-order chi connectivity index (χ1) is 13.5. The van der Waals surface area contributed by atoms with Crippen molar-refractivity contribution in [3.63, 3.8) is 0 Å². The van der Waals surface area contributed by atoms with E-state index < -0.39 is 0 Å². The highest BCUT2D eigenvalue weighted by Crippen LogP contribution is 2.60. The maximum atomic E-state index is 12.5. The number of carbonyl (C=O) groups is 1. The molecule has 0 bridgehead atoms. The van der Waals surface area contributed by atoms with Crippen molar-refractivity contribution in [2.24, 2.45) is 17.3 Å². The van der Waals surface area contributed by atoms with Gasteiger partial charge >= 0.3 is 0 Å². The fraction of sp³-hybridized carbons (Fsp3) is 0.480. The summed E-state index contributed by atoms with van der Waals surface area (Å²) in [6, 6.07) is 12.7. The third-order valence-corrected chi connectivity index (χ3v) is 8.82. The quantitative estimate of drug-likeness (QED) is 0.654. The summed E-state index contributed by atoms with van der Waals surface area (Å²) < 4.78 is 0. The number of hydrogen-bond acceptors (Lipinski definition) is 3. The molecule has 0 aliphatic heterocycles. The van der Waals surface area contributed by atoms with Crippen LogP contribution in [0.3, 0.4) is 0 Å². The zero-order valence-electron chi connectivity index (χ0n) is 16.7. The van der Waals surface area contributed by atoms with E-state index in [1.807, 2.05) is 6.07 Å². The maximum Gasteiger partial charge on any atom is 0.139 e. The van der Waals surface area contributed by atoms with E-state index in [-0.39, 0.29) is 5.41 Å². The Hall–Kier alpha value is -1.74. The molecule has 5 rings (SSSR count). The maximum absolute atomic E-state index is 12.5. The molecule has 0 spiro atoms. The predicted octanol–water partition coefficient (Wildman–Crippen LogP) is 6.28. The van der Waals surface area contributed by atoms with Crippen LogP contribution in [-0.2, 0) is 11.2 Å².